The maximum Gasteiger partial charge on any atom is 0.407 e. The minimum absolute atomic E-state index is 0.0152. The van der Waals surface area contributed by atoms with Crippen molar-refractivity contribution in [3.8, 4) is 11.1 Å². The van der Waals surface area contributed by atoms with E-state index in [1.165, 1.54) is 22.3 Å². The summed E-state index contributed by atoms with van der Waals surface area (Å²) in [6.07, 6.45) is 0.590. The molecule has 4 rings (SSSR count). The zero-order valence-corrected chi connectivity index (χ0v) is 19.9. The third-order valence-corrected chi connectivity index (χ3v) is 6.75. The molecule has 0 saturated carbocycles. The Balaban J connectivity index is 1.17. The van der Waals surface area contributed by atoms with Crippen molar-refractivity contribution in [1.29, 1.82) is 0 Å². The lowest BCUT2D eigenvalue weighted by atomic mass is 9.98. The Morgan fingerprint density at radius 2 is 1.66 bits per heavy atom. The van der Waals surface area contributed by atoms with Crippen LogP contribution in [0.1, 0.15) is 43.2 Å². The van der Waals surface area contributed by atoms with Gasteiger partial charge in [0.2, 0.25) is 5.91 Å². The molecule has 186 valence electrons. The molecule has 2 N–H and O–H groups in total. The number of hydrogen-bond acceptors (Lipinski definition) is 5. The number of carboxylic acid groups (broad SMARTS) is 1. The largest absolute Gasteiger partial charge is 0.481 e. The number of rotatable bonds is 10. The van der Waals surface area contributed by atoms with E-state index in [0.717, 1.165) is 0 Å². The second-order valence-corrected chi connectivity index (χ2v) is 8.95. The zero-order chi connectivity index (χ0) is 24.8. The maximum absolute atomic E-state index is 12.5. The second kappa shape index (κ2) is 11.4. The van der Waals surface area contributed by atoms with Crippen LogP contribution in [0.3, 0.4) is 0 Å². The molecule has 1 aliphatic heterocycles. The van der Waals surface area contributed by atoms with E-state index in [2.05, 4.69) is 29.6 Å². The molecule has 8 nitrogen and oxygen atoms in total. The van der Waals surface area contributed by atoms with Crippen LogP contribution in [0.4, 0.5) is 4.79 Å². The number of aliphatic carboxylic acids is 1. The molecule has 35 heavy (non-hydrogen) atoms. The van der Waals surface area contributed by atoms with Crippen LogP contribution in [-0.2, 0) is 19.1 Å². The number of carbonyl (C=O) groups is 3. The molecule has 2 unspecified atom stereocenters. The minimum Gasteiger partial charge on any atom is -0.481 e. The van der Waals surface area contributed by atoms with Crippen molar-refractivity contribution in [1.82, 2.24) is 10.2 Å². The number of ether oxygens (including phenoxy) is 2. The van der Waals surface area contributed by atoms with E-state index in [0.29, 0.717) is 39.0 Å². The quantitative estimate of drug-likeness (QED) is 0.503. The van der Waals surface area contributed by atoms with Gasteiger partial charge < -0.3 is 24.8 Å². The number of alkyl carbamates (subject to hydrolysis) is 1. The molecule has 0 aromatic heterocycles. The summed E-state index contributed by atoms with van der Waals surface area (Å²) < 4.78 is 11.0. The molecule has 2 atom stereocenters. The van der Waals surface area contributed by atoms with Gasteiger partial charge in [0.1, 0.15) is 12.5 Å². The highest BCUT2D eigenvalue weighted by Gasteiger charge is 2.40. The smallest absolute Gasteiger partial charge is 0.407 e. The zero-order valence-electron chi connectivity index (χ0n) is 19.9. The average Bonchev–Trinajstić information content (AvgIpc) is 3.42. The highest BCUT2D eigenvalue weighted by Crippen LogP contribution is 2.44. The van der Waals surface area contributed by atoms with Crippen LogP contribution in [0, 0.1) is 5.92 Å². The van der Waals surface area contributed by atoms with Gasteiger partial charge in [0, 0.05) is 38.6 Å². The molecule has 1 saturated heterocycles. The monoisotopic (exact) mass is 480 g/mol. The molecule has 0 radical (unpaired) electrons. The van der Waals surface area contributed by atoms with Gasteiger partial charge in [0.15, 0.2) is 0 Å². The molecule has 1 aliphatic carbocycles. The Hall–Kier alpha value is -3.39. The van der Waals surface area contributed by atoms with Crippen molar-refractivity contribution >= 4 is 18.0 Å². The van der Waals surface area contributed by atoms with Crippen molar-refractivity contribution in [3.05, 3.63) is 59.7 Å². The SMILES string of the molecule is CCOC1CN(C(=O)CCCCNC(=O)OCC2c3ccccc3-c3ccccc32)CC1C(=O)O. The summed E-state index contributed by atoms with van der Waals surface area (Å²) in [4.78, 5) is 37.7. The number of nitrogens with one attached hydrogen (secondary N) is 1. The van der Waals surface area contributed by atoms with Gasteiger partial charge in [-0.05, 0) is 42.0 Å². The summed E-state index contributed by atoms with van der Waals surface area (Å²) in [5, 5.41) is 12.1. The van der Waals surface area contributed by atoms with Gasteiger partial charge in [0.25, 0.3) is 0 Å². The molecule has 8 heteroatoms. The lowest BCUT2D eigenvalue weighted by Gasteiger charge is -2.16. The Morgan fingerprint density at radius 3 is 2.29 bits per heavy atom. The third kappa shape index (κ3) is 5.65. The second-order valence-electron chi connectivity index (χ2n) is 8.95. The summed E-state index contributed by atoms with van der Waals surface area (Å²) in [5.74, 6) is -1.69. The normalized spacial score (nSPS) is 18.7. The summed E-state index contributed by atoms with van der Waals surface area (Å²) in [6.45, 7) is 3.38. The lowest BCUT2D eigenvalue weighted by Crippen LogP contribution is -2.30. The maximum atomic E-state index is 12.5. The summed E-state index contributed by atoms with van der Waals surface area (Å²) >= 11 is 0. The van der Waals surface area contributed by atoms with E-state index in [1.807, 2.05) is 31.2 Å². The van der Waals surface area contributed by atoms with Crippen LogP contribution >= 0.6 is 0 Å². The Labute approximate surface area is 205 Å². The number of amides is 2. The third-order valence-electron chi connectivity index (χ3n) is 6.75. The van der Waals surface area contributed by atoms with E-state index in [9.17, 15) is 19.5 Å². The number of nitrogens with zero attached hydrogens (tertiary/aromatic N) is 1. The molecule has 0 bridgehead atoms. The Bertz CT molecular complexity index is 1030. The summed E-state index contributed by atoms with van der Waals surface area (Å²) in [7, 11) is 0. The van der Waals surface area contributed by atoms with E-state index in [-0.39, 0.29) is 25.0 Å². The van der Waals surface area contributed by atoms with Crippen LogP contribution < -0.4 is 5.32 Å². The molecular formula is C27H32N2O6. The molecule has 2 aromatic rings. The van der Waals surface area contributed by atoms with Gasteiger partial charge in [-0.2, -0.15) is 0 Å². The van der Waals surface area contributed by atoms with E-state index < -0.39 is 24.1 Å². The van der Waals surface area contributed by atoms with E-state index in [4.69, 9.17) is 9.47 Å². The highest BCUT2D eigenvalue weighted by atomic mass is 16.5. The number of carboxylic acids is 1. The van der Waals surface area contributed by atoms with Crippen LogP contribution in [-0.4, -0.2) is 66.9 Å². The number of fused-ring (bicyclic) bond motifs is 3. The van der Waals surface area contributed by atoms with Crippen molar-refractivity contribution in [2.45, 2.75) is 38.2 Å². The van der Waals surface area contributed by atoms with Crippen LogP contribution in [0.2, 0.25) is 0 Å². The molecule has 1 heterocycles. The van der Waals surface area contributed by atoms with Gasteiger partial charge in [0.05, 0.1) is 6.10 Å². The average molecular weight is 481 g/mol. The molecule has 1 fully saturated rings. The molecule has 2 aliphatic rings. The Morgan fingerprint density at radius 1 is 1.00 bits per heavy atom. The number of hydrogen-bond donors (Lipinski definition) is 2. The van der Waals surface area contributed by atoms with Crippen molar-refractivity contribution in [2.75, 3.05) is 32.8 Å². The number of unbranched alkanes of at least 4 members (excludes halogenated alkanes) is 1. The Kier molecular flexibility index (Phi) is 8.02. The van der Waals surface area contributed by atoms with Gasteiger partial charge in [-0.3, -0.25) is 9.59 Å². The van der Waals surface area contributed by atoms with Crippen LogP contribution in [0.25, 0.3) is 11.1 Å². The number of benzene rings is 2. The van der Waals surface area contributed by atoms with Crippen molar-refractivity contribution in [3.63, 3.8) is 0 Å². The summed E-state index contributed by atoms with van der Waals surface area (Å²) in [6, 6.07) is 16.4. The fourth-order valence-corrected chi connectivity index (χ4v) is 5.00. The first kappa shape index (κ1) is 24.7. The van der Waals surface area contributed by atoms with Gasteiger partial charge >= 0.3 is 12.1 Å². The minimum atomic E-state index is -0.939. The molecule has 0 spiro atoms. The first-order chi connectivity index (χ1) is 17.0. The predicted molar refractivity (Wildman–Crippen MR) is 130 cm³/mol. The predicted octanol–water partition coefficient (Wildman–Crippen LogP) is 3.64. The van der Waals surface area contributed by atoms with Gasteiger partial charge in [-0.1, -0.05) is 48.5 Å². The van der Waals surface area contributed by atoms with Crippen molar-refractivity contribution < 1.29 is 29.0 Å². The number of likely N-dealkylation sites (tertiary alicyclic amines) is 1. The highest BCUT2D eigenvalue weighted by molar-refractivity contribution is 5.80. The first-order valence-electron chi connectivity index (χ1n) is 12.2. The lowest BCUT2D eigenvalue weighted by molar-refractivity contribution is -0.145. The molecule has 2 aromatic carbocycles. The molecule has 2 amide bonds. The standard InChI is InChI=1S/C27H32N2O6/c1-2-34-24-16-29(15-22(24)26(31)32)25(30)13-7-8-14-28-27(33)35-17-23-20-11-5-3-9-18(20)19-10-4-6-12-21(19)23/h3-6,9-12,22-24H,2,7-8,13-17H2,1H3,(H,28,33)(H,31,32). The number of carbonyl (C=O) groups excluding carboxylic acids is 2. The first-order valence-corrected chi connectivity index (χ1v) is 12.2. The fourth-order valence-electron chi connectivity index (χ4n) is 5.00. The van der Waals surface area contributed by atoms with Crippen molar-refractivity contribution in [2.24, 2.45) is 5.92 Å². The topological polar surface area (TPSA) is 105 Å². The van der Waals surface area contributed by atoms with Gasteiger partial charge in [-0.15, -0.1) is 0 Å². The van der Waals surface area contributed by atoms with Crippen LogP contribution in [0.5, 0.6) is 0 Å². The van der Waals surface area contributed by atoms with Gasteiger partial charge in [-0.25, -0.2) is 4.79 Å². The fraction of sp³-hybridized carbons (Fsp3) is 0.444. The van der Waals surface area contributed by atoms with E-state index >= 15 is 0 Å². The van der Waals surface area contributed by atoms with E-state index in [1.54, 1.807) is 4.90 Å². The summed E-state index contributed by atoms with van der Waals surface area (Å²) in [5.41, 5.74) is 4.70. The molecular weight excluding hydrogens is 448 g/mol. The van der Waals surface area contributed by atoms with Crippen LogP contribution in [0.15, 0.2) is 48.5 Å².